The van der Waals surface area contributed by atoms with Crippen LogP contribution in [-0.4, -0.2) is 18.5 Å². The maximum atomic E-state index is 6.47. The first kappa shape index (κ1) is 20.5. The van der Waals surface area contributed by atoms with Gasteiger partial charge in [0.05, 0.1) is 0 Å². The van der Waals surface area contributed by atoms with Crippen molar-refractivity contribution in [3.63, 3.8) is 0 Å². The van der Waals surface area contributed by atoms with E-state index in [1.54, 1.807) is 0 Å². The summed E-state index contributed by atoms with van der Waals surface area (Å²) in [5, 5.41) is 0.907. The number of nitrogens with zero attached hydrogens (tertiary/aromatic N) is 1. The van der Waals surface area contributed by atoms with Gasteiger partial charge in [-0.3, -0.25) is 0 Å². The molecule has 1 atom stereocenters. The summed E-state index contributed by atoms with van der Waals surface area (Å²) in [4.78, 5) is 2.36. The molecule has 24 heavy (non-hydrogen) atoms. The van der Waals surface area contributed by atoms with Gasteiger partial charge in [-0.15, -0.1) is 13.2 Å². The monoisotopic (exact) mass is 343 g/mol. The number of rotatable bonds is 1. The number of fused-ring (bicyclic) bond motifs is 1. The molecule has 2 aromatic rings. The van der Waals surface area contributed by atoms with E-state index in [1.807, 2.05) is 13.8 Å². The van der Waals surface area contributed by atoms with E-state index >= 15 is 0 Å². The first-order chi connectivity index (χ1) is 11.5. The minimum absolute atomic E-state index is 0.418. The van der Waals surface area contributed by atoms with Gasteiger partial charge in [-0.25, -0.2) is 0 Å². The van der Waals surface area contributed by atoms with Gasteiger partial charge in [0.2, 0.25) is 0 Å². The van der Waals surface area contributed by atoms with Crippen LogP contribution in [0.5, 0.6) is 0 Å². The number of halogens is 1. The molecular weight excluding hydrogens is 314 g/mol. The average Bonchev–Trinajstić information content (AvgIpc) is 2.59. The van der Waals surface area contributed by atoms with Crippen molar-refractivity contribution in [2.45, 2.75) is 40.2 Å². The van der Waals surface area contributed by atoms with E-state index in [2.05, 4.69) is 75.4 Å². The predicted molar refractivity (Wildman–Crippen MR) is 108 cm³/mol. The van der Waals surface area contributed by atoms with Crippen molar-refractivity contribution in [2.75, 3.05) is 13.6 Å². The molecule has 0 spiro atoms. The van der Waals surface area contributed by atoms with Gasteiger partial charge in [0.15, 0.2) is 0 Å². The molecule has 0 N–H and O–H groups in total. The van der Waals surface area contributed by atoms with Crippen LogP contribution < -0.4 is 0 Å². The molecule has 0 amide bonds. The molecule has 1 unspecified atom stereocenters. The number of hydrogen-bond donors (Lipinski definition) is 0. The average molecular weight is 344 g/mol. The van der Waals surface area contributed by atoms with Crippen LogP contribution in [-0.2, 0) is 6.54 Å². The fourth-order valence-electron chi connectivity index (χ4n) is 3.19. The maximum Gasteiger partial charge on any atom is 0.0456 e. The minimum Gasteiger partial charge on any atom is -0.301 e. The fraction of sp³-hybridized carbons (Fsp3) is 0.364. The van der Waals surface area contributed by atoms with E-state index in [-0.39, 0.29) is 0 Å². The molecule has 0 fully saturated rings. The fourth-order valence-corrected chi connectivity index (χ4v) is 3.53. The Morgan fingerprint density at radius 2 is 1.71 bits per heavy atom. The summed E-state index contributed by atoms with van der Waals surface area (Å²) in [5.74, 6) is 0.418. The summed E-state index contributed by atoms with van der Waals surface area (Å²) >= 11 is 6.47. The van der Waals surface area contributed by atoms with Crippen LogP contribution in [0, 0.1) is 13.8 Å². The van der Waals surface area contributed by atoms with Gasteiger partial charge in [0, 0.05) is 24.0 Å². The molecule has 1 heterocycles. The van der Waals surface area contributed by atoms with Crippen LogP contribution in [0.25, 0.3) is 0 Å². The number of aryl methyl sites for hydroxylation is 2. The van der Waals surface area contributed by atoms with Gasteiger partial charge < -0.3 is 4.90 Å². The quantitative estimate of drug-likeness (QED) is 0.544. The third-order valence-electron chi connectivity index (χ3n) is 4.12. The molecular formula is C22H30ClN. The molecule has 0 bridgehead atoms. The van der Waals surface area contributed by atoms with E-state index in [9.17, 15) is 0 Å². The van der Waals surface area contributed by atoms with Crippen LogP contribution in [0.1, 0.15) is 47.6 Å². The van der Waals surface area contributed by atoms with Crippen molar-refractivity contribution in [1.29, 1.82) is 0 Å². The highest BCUT2D eigenvalue weighted by Crippen LogP contribution is 2.37. The Balaban J connectivity index is 0.000000671. The number of hydrogen-bond acceptors (Lipinski definition) is 1. The zero-order valence-corrected chi connectivity index (χ0v) is 16.5. The van der Waals surface area contributed by atoms with Crippen LogP contribution in [0.2, 0.25) is 5.02 Å². The van der Waals surface area contributed by atoms with E-state index in [0.29, 0.717) is 5.92 Å². The second-order valence-electron chi connectivity index (χ2n) is 5.98. The van der Waals surface area contributed by atoms with Crippen molar-refractivity contribution < 1.29 is 0 Å². The maximum absolute atomic E-state index is 6.47. The van der Waals surface area contributed by atoms with Crippen LogP contribution in [0.3, 0.4) is 0 Å². The summed E-state index contributed by atoms with van der Waals surface area (Å²) in [6.45, 7) is 16.3. The first-order valence-corrected chi connectivity index (χ1v) is 8.96. The molecule has 1 aliphatic rings. The normalized spacial score (nSPS) is 16.2. The number of likely N-dealkylation sites (N-methyl/N-ethyl adjacent to an activating group) is 1. The third-order valence-corrected chi connectivity index (χ3v) is 4.45. The van der Waals surface area contributed by atoms with Crippen LogP contribution >= 0.6 is 11.6 Å². The van der Waals surface area contributed by atoms with Gasteiger partial charge in [-0.05, 0) is 49.2 Å². The SMILES string of the molecule is C=C.CC.Cc1cccc(C2CN(C)Cc3c(Cl)cc(C)cc32)c1. The van der Waals surface area contributed by atoms with Crippen molar-refractivity contribution in [1.82, 2.24) is 4.90 Å². The summed E-state index contributed by atoms with van der Waals surface area (Å²) < 4.78 is 0. The Morgan fingerprint density at radius 1 is 1.04 bits per heavy atom. The van der Waals surface area contributed by atoms with Crippen LogP contribution in [0.15, 0.2) is 49.6 Å². The second kappa shape index (κ2) is 9.66. The lowest BCUT2D eigenvalue weighted by Crippen LogP contribution is -2.31. The Morgan fingerprint density at radius 3 is 2.33 bits per heavy atom. The highest BCUT2D eigenvalue weighted by atomic mass is 35.5. The lowest BCUT2D eigenvalue weighted by atomic mass is 9.83. The lowest BCUT2D eigenvalue weighted by Gasteiger charge is -2.33. The first-order valence-electron chi connectivity index (χ1n) is 8.58. The van der Waals surface area contributed by atoms with E-state index < -0.39 is 0 Å². The van der Waals surface area contributed by atoms with Gasteiger partial charge in [0.1, 0.15) is 0 Å². The Labute approximate surface area is 153 Å². The van der Waals surface area contributed by atoms with Gasteiger partial charge >= 0.3 is 0 Å². The van der Waals surface area contributed by atoms with Crippen molar-refractivity contribution >= 4 is 11.6 Å². The Hall–Kier alpha value is -1.57. The molecule has 1 aliphatic heterocycles. The Bertz CT molecular complexity index is 663. The molecule has 0 aromatic heterocycles. The van der Waals surface area contributed by atoms with Crippen molar-refractivity contribution in [2.24, 2.45) is 0 Å². The number of benzene rings is 2. The molecule has 1 nitrogen and oxygen atoms in total. The standard InChI is InChI=1S/C18H20ClN.C2H6.C2H4/c1-12-5-4-6-14(7-12)16-10-20(3)11-17-15(16)8-13(2)9-18(17)19;2*1-2/h4-9,16H,10-11H2,1-3H3;1-2H3;1-2H2. The molecule has 2 aromatic carbocycles. The van der Waals surface area contributed by atoms with Gasteiger partial charge in [-0.1, -0.05) is 61.3 Å². The predicted octanol–water partition coefficient (Wildman–Crippen LogP) is 6.36. The largest absolute Gasteiger partial charge is 0.301 e. The van der Waals surface area contributed by atoms with E-state index in [0.717, 1.165) is 18.1 Å². The third kappa shape index (κ3) is 4.72. The molecule has 3 rings (SSSR count). The molecule has 2 heteroatoms. The summed E-state index contributed by atoms with van der Waals surface area (Å²) in [6.07, 6.45) is 0. The van der Waals surface area contributed by atoms with Crippen LogP contribution in [0.4, 0.5) is 0 Å². The molecule has 130 valence electrons. The molecule has 0 radical (unpaired) electrons. The highest BCUT2D eigenvalue weighted by Gasteiger charge is 2.26. The second-order valence-corrected chi connectivity index (χ2v) is 6.39. The summed E-state index contributed by atoms with van der Waals surface area (Å²) in [5.41, 5.74) is 6.64. The highest BCUT2D eigenvalue weighted by molar-refractivity contribution is 6.31. The summed E-state index contributed by atoms with van der Waals surface area (Å²) in [6, 6.07) is 13.2. The zero-order valence-electron chi connectivity index (χ0n) is 15.7. The summed E-state index contributed by atoms with van der Waals surface area (Å²) in [7, 11) is 2.17. The Kier molecular flexibility index (Phi) is 8.24. The van der Waals surface area contributed by atoms with Crippen molar-refractivity contribution in [3.8, 4) is 0 Å². The lowest BCUT2D eigenvalue weighted by molar-refractivity contribution is 0.295. The molecule has 0 saturated carbocycles. The molecule has 0 aliphatic carbocycles. The minimum atomic E-state index is 0.418. The van der Waals surface area contributed by atoms with E-state index in [4.69, 9.17) is 11.6 Å². The van der Waals surface area contributed by atoms with Gasteiger partial charge in [-0.2, -0.15) is 0 Å². The van der Waals surface area contributed by atoms with Gasteiger partial charge in [0.25, 0.3) is 0 Å². The zero-order chi connectivity index (χ0) is 18.3. The van der Waals surface area contributed by atoms with Crippen molar-refractivity contribution in [3.05, 3.63) is 82.4 Å². The van der Waals surface area contributed by atoms with E-state index in [1.165, 1.54) is 27.8 Å². The molecule has 0 saturated heterocycles. The smallest absolute Gasteiger partial charge is 0.0456 e. The topological polar surface area (TPSA) is 3.24 Å².